The summed E-state index contributed by atoms with van der Waals surface area (Å²) in [6.45, 7) is 0.739. The SMILES string of the molecule is O=C(CN1c2cccc3cccc(c23)S1(=O)=O)NCC1COc2ccccc2C1. The Morgan fingerprint density at radius 2 is 1.86 bits per heavy atom. The molecule has 0 saturated heterocycles. The fourth-order valence-corrected chi connectivity index (χ4v) is 5.76. The Balaban J connectivity index is 1.29. The molecule has 2 aliphatic heterocycles. The fraction of sp³-hybridized carbons (Fsp3) is 0.227. The minimum absolute atomic E-state index is 0.157. The summed E-state index contributed by atoms with van der Waals surface area (Å²) in [4.78, 5) is 12.8. The van der Waals surface area contributed by atoms with Crippen LogP contribution in [0.15, 0.2) is 65.6 Å². The number of fused-ring (bicyclic) bond motifs is 1. The van der Waals surface area contributed by atoms with E-state index >= 15 is 0 Å². The van der Waals surface area contributed by atoms with Gasteiger partial charge in [-0.2, -0.15) is 0 Å². The average Bonchev–Trinajstić information content (AvgIpc) is 2.95. The van der Waals surface area contributed by atoms with Crippen molar-refractivity contribution in [2.45, 2.75) is 11.3 Å². The van der Waals surface area contributed by atoms with Gasteiger partial charge >= 0.3 is 0 Å². The molecule has 2 heterocycles. The zero-order valence-corrected chi connectivity index (χ0v) is 16.5. The topological polar surface area (TPSA) is 75.7 Å². The van der Waals surface area contributed by atoms with E-state index in [1.54, 1.807) is 18.2 Å². The van der Waals surface area contributed by atoms with Crippen LogP contribution in [0.1, 0.15) is 5.56 Å². The molecular weight excluding hydrogens is 388 g/mol. The number of benzene rings is 3. The Kier molecular flexibility index (Phi) is 4.20. The van der Waals surface area contributed by atoms with Gasteiger partial charge in [-0.15, -0.1) is 0 Å². The van der Waals surface area contributed by atoms with Gasteiger partial charge in [-0.3, -0.25) is 9.10 Å². The molecule has 1 atom stereocenters. The van der Waals surface area contributed by atoms with E-state index in [1.165, 1.54) is 4.31 Å². The van der Waals surface area contributed by atoms with E-state index in [0.29, 0.717) is 24.2 Å². The molecule has 6 nitrogen and oxygen atoms in total. The molecule has 0 fully saturated rings. The van der Waals surface area contributed by atoms with Crippen molar-refractivity contribution in [1.29, 1.82) is 0 Å². The summed E-state index contributed by atoms with van der Waals surface area (Å²) in [7, 11) is -3.73. The molecule has 0 radical (unpaired) electrons. The summed E-state index contributed by atoms with van der Waals surface area (Å²) in [5.74, 6) is 0.728. The molecule has 2 aliphatic rings. The number of hydrogen-bond acceptors (Lipinski definition) is 4. The average molecular weight is 408 g/mol. The van der Waals surface area contributed by atoms with E-state index in [-0.39, 0.29) is 23.3 Å². The summed E-state index contributed by atoms with van der Waals surface area (Å²) in [6.07, 6.45) is 0.823. The monoisotopic (exact) mass is 408 g/mol. The lowest BCUT2D eigenvalue weighted by Crippen LogP contribution is -2.42. The van der Waals surface area contributed by atoms with Crippen LogP contribution in [0.5, 0.6) is 5.75 Å². The summed E-state index contributed by atoms with van der Waals surface area (Å²) >= 11 is 0. The summed E-state index contributed by atoms with van der Waals surface area (Å²) in [5, 5.41) is 4.41. The van der Waals surface area contributed by atoms with Crippen LogP contribution in [0, 0.1) is 5.92 Å². The number of hydrogen-bond donors (Lipinski definition) is 1. The Morgan fingerprint density at radius 3 is 2.72 bits per heavy atom. The second kappa shape index (κ2) is 6.77. The molecule has 0 aromatic heterocycles. The fourth-order valence-electron chi connectivity index (χ4n) is 4.09. The zero-order valence-electron chi connectivity index (χ0n) is 15.7. The lowest BCUT2D eigenvalue weighted by molar-refractivity contribution is -0.119. The third-order valence-corrected chi connectivity index (χ3v) is 7.31. The lowest BCUT2D eigenvalue weighted by atomic mass is 9.97. The van der Waals surface area contributed by atoms with Crippen molar-refractivity contribution >= 4 is 32.4 Å². The van der Waals surface area contributed by atoms with E-state index in [0.717, 1.165) is 23.1 Å². The van der Waals surface area contributed by atoms with Crippen LogP contribution in [-0.2, 0) is 21.2 Å². The van der Waals surface area contributed by atoms with Gasteiger partial charge in [-0.1, -0.05) is 42.5 Å². The first kappa shape index (κ1) is 18.0. The molecule has 3 aromatic carbocycles. The standard InChI is InChI=1S/C22H20N2O4S/c25-21(23-12-15-11-17-5-1-2-9-19(17)28-14-15)13-24-18-8-3-6-16-7-4-10-20(22(16)18)29(24,26)27/h1-10,15H,11-14H2,(H,23,25). The zero-order chi connectivity index (χ0) is 20.0. The highest BCUT2D eigenvalue weighted by molar-refractivity contribution is 7.93. The van der Waals surface area contributed by atoms with Gasteiger partial charge in [0.05, 0.1) is 17.2 Å². The number of nitrogens with zero attached hydrogens (tertiary/aromatic N) is 1. The van der Waals surface area contributed by atoms with Gasteiger partial charge in [-0.05, 0) is 35.6 Å². The van der Waals surface area contributed by atoms with E-state index in [1.807, 2.05) is 42.5 Å². The molecule has 3 aromatic rings. The molecule has 29 heavy (non-hydrogen) atoms. The summed E-state index contributed by atoms with van der Waals surface area (Å²) in [5.41, 5.74) is 1.69. The molecule has 1 amide bonds. The van der Waals surface area contributed by atoms with Crippen molar-refractivity contribution in [2.75, 3.05) is 24.0 Å². The quantitative estimate of drug-likeness (QED) is 0.720. The van der Waals surface area contributed by atoms with E-state index in [4.69, 9.17) is 4.74 Å². The van der Waals surface area contributed by atoms with Gasteiger partial charge in [0, 0.05) is 17.8 Å². The van der Waals surface area contributed by atoms with Gasteiger partial charge in [0.15, 0.2) is 0 Å². The number of para-hydroxylation sites is 1. The smallest absolute Gasteiger partial charge is 0.265 e. The minimum atomic E-state index is -3.73. The number of carbonyl (C=O) groups excluding carboxylic acids is 1. The maximum Gasteiger partial charge on any atom is 0.265 e. The molecule has 5 rings (SSSR count). The minimum Gasteiger partial charge on any atom is -0.493 e. The van der Waals surface area contributed by atoms with Crippen LogP contribution in [0.3, 0.4) is 0 Å². The van der Waals surface area contributed by atoms with Crippen LogP contribution in [0.4, 0.5) is 5.69 Å². The normalized spacial score (nSPS) is 18.9. The molecule has 0 bridgehead atoms. The molecule has 0 aliphatic carbocycles. The molecular formula is C22H20N2O4S. The number of amides is 1. The van der Waals surface area contributed by atoms with E-state index in [2.05, 4.69) is 5.32 Å². The number of anilines is 1. The molecule has 7 heteroatoms. The largest absolute Gasteiger partial charge is 0.493 e. The predicted molar refractivity (Wildman–Crippen MR) is 111 cm³/mol. The van der Waals surface area contributed by atoms with Crippen molar-refractivity contribution in [3.8, 4) is 5.75 Å². The third kappa shape index (κ3) is 3.02. The molecule has 0 spiro atoms. The van der Waals surface area contributed by atoms with Crippen LogP contribution >= 0.6 is 0 Å². The van der Waals surface area contributed by atoms with Crippen LogP contribution in [-0.4, -0.2) is 34.0 Å². The Hall–Kier alpha value is -3.06. The first-order chi connectivity index (χ1) is 14.0. The number of carbonyl (C=O) groups is 1. The van der Waals surface area contributed by atoms with Crippen molar-refractivity contribution < 1.29 is 17.9 Å². The van der Waals surface area contributed by atoms with Gasteiger partial charge in [0.2, 0.25) is 5.91 Å². The summed E-state index contributed by atoms with van der Waals surface area (Å²) < 4.78 is 32.9. The second-order valence-corrected chi connectivity index (χ2v) is 9.27. The van der Waals surface area contributed by atoms with Crippen LogP contribution < -0.4 is 14.4 Å². The van der Waals surface area contributed by atoms with E-state index in [9.17, 15) is 13.2 Å². The highest BCUT2D eigenvalue weighted by Crippen LogP contribution is 2.41. The number of ether oxygens (including phenoxy) is 1. The van der Waals surface area contributed by atoms with Crippen molar-refractivity contribution in [3.05, 3.63) is 66.2 Å². The second-order valence-electron chi connectivity index (χ2n) is 7.44. The Labute approximate surface area is 169 Å². The number of sulfonamides is 1. The highest BCUT2D eigenvalue weighted by Gasteiger charge is 2.36. The van der Waals surface area contributed by atoms with E-state index < -0.39 is 10.0 Å². The molecule has 148 valence electrons. The maximum atomic E-state index is 13.0. The predicted octanol–water partition coefficient (Wildman–Crippen LogP) is 2.72. The van der Waals surface area contributed by atoms with Crippen LogP contribution in [0.25, 0.3) is 10.8 Å². The summed E-state index contributed by atoms with van der Waals surface area (Å²) in [6, 6.07) is 18.5. The third-order valence-electron chi connectivity index (χ3n) is 5.51. The molecule has 1 unspecified atom stereocenters. The molecule has 0 saturated carbocycles. The highest BCUT2D eigenvalue weighted by atomic mass is 32.2. The number of rotatable bonds is 4. The lowest BCUT2D eigenvalue weighted by Gasteiger charge is -2.26. The van der Waals surface area contributed by atoms with Crippen molar-refractivity contribution in [3.63, 3.8) is 0 Å². The Morgan fingerprint density at radius 1 is 1.07 bits per heavy atom. The number of nitrogens with one attached hydrogen (secondary N) is 1. The first-order valence-electron chi connectivity index (χ1n) is 9.56. The van der Waals surface area contributed by atoms with Crippen molar-refractivity contribution in [2.24, 2.45) is 5.92 Å². The first-order valence-corrected chi connectivity index (χ1v) is 11.0. The van der Waals surface area contributed by atoms with Gasteiger partial charge in [-0.25, -0.2) is 8.42 Å². The Bertz CT molecular complexity index is 1220. The molecule has 1 N–H and O–H groups in total. The maximum absolute atomic E-state index is 13.0. The van der Waals surface area contributed by atoms with Gasteiger partial charge in [0.1, 0.15) is 12.3 Å². The van der Waals surface area contributed by atoms with Gasteiger partial charge in [0.25, 0.3) is 10.0 Å². The van der Waals surface area contributed by atoms with Crippen molar-refractivity contribution in [1.82, 2.24) is 5.32 Å². The van der Waals surface area contributed by atoms with Crippen LogP contribution in [0.2, 0.25) is 0 Å². The van der Waals surface area contributed by atoms with Gasteiger partial charge < -0.3 is 10.1 Å².